The van der Waals surface area contributed by atoms with E-state index in [9.17, 15) is 0 Å². The van der Waals surface area contributed by atoms with Gasteiger partial charge in [0.05, 0.1) is 19.6 Å². The molecule has 102 valence electrons. The lowest BCUT2D eigenvalue weighted by Crippen LogP contribution is -2.06. The lowest BCUT2D eigenvalue weighted by atomic mass is 9.89. The van der Waals surface area contributed by atoms with E-state index in [1.54, 1.807) is 14.2 Å². The lowest BCUT2D eigenvalue weighted by Gasteiger charge is -2.20. The predicted molar refractivity (Wildman–Crippen MR) is 76.8 cm³/mol. The number of hydrogen-bond donors (Lipinski definition) is 0. The van der Waals surface area contributed by atoms with Crippen molar-refractivity contribution in [2.75, 3.05) is 14.2 Å². The molecule has 0 radical (unpaired) electrons. The van der Waals surface area contributed by atoms with Crippen LogP contribution in [0.3, 0.4) is 0 Å². The molecule has 0 amide bonds. The summed E-state index contributed by atoms with van der Waals surface area (Å²) in [5.74, 6) is 1.47. The smallest absolute Gasteiger partial charge is 0.161 e. The molecule has 1 unspecified atom stereocenters. The third-order valence-electron chi connectivity index (χ3n) is 2.92. The van der Waals surface area contributed by atoms with Crippen LogP contribution in [0, 0.1) is 5.41 Å². The second-order valence-corrected chi connectivity index (χ2v) is 6.21. The number of ether oxygens (including phenoxy) is 2. The molecular weight excluding hydrogens is 248 g/mol. The first-order valence-electron chi connectivity index (χ1n) is 6.23. The maximum Gasteiger partial charge on any atom is 0.161 e. The third-order valence-corrected chi connectivity index (χ3v) is 3.39. The van der Waals surface area contributed by atoms with Gasteiger partial charge in [0.25, 0.3) is 0 Å². The van der Waals surface area contributed by atoms with Crippen LogP contribution in [0.2, 0.25) is 0 Å². The second-order valence-electron chi connectivity index (χ2n) is 5.68. The van der Waals surface area contributed by atoms with Gasteiger partial charge < -0.3 is 9.47 Å². The van der Waals surface area contributed by atoms with Crippen molar-refractivity contribution in [2.24, 2.45) is 5.41 Å². The zero-order valence-electron chi connectivity index (χ0n) is 11.9. The molecule has 0 N–H and O–H groups in total. The number of rotatable bonds is 5. The van der Waals surface area contributed by atoms with Crippen LogP contribution < -0.4 is 9.47 Å². The molecule has 1 rings (SSSR count). The first-order chi connectivity index (χ1) is 8.37. The molecule has 0 fully saturated rings. The molecule has 3 heteroatoms. The first-order valence-corrected chi connectivity index (χ1v) is 6.67. The largest absolute Gasteiger partial charge is 0.493 e. The van der Waals surface area contributed by atoms with Crippen molar-refractivity contribution in [1.82, 2.24) is 0 Å². The monoisotopic (exact) mass is 270 g/mol. The molecule has 0 bridgehead atoms. The summed E-state index contributed by atoms with van der Waals surface area (Å²) in [4.78, 5) is 0. The summed E-state index contributed by atoms with van der Waals surface area (Å²) in [6, 6.07) is 5.86. The van der Waals surface area contributed by atoms with Gasteiger partial charge in [-0.1, -0.05) is 26.8 Å². The highest BCUT2D eigenvalue weighted by atomic mass is 35.5. The van der Waals surface area contributed by atoms with Crippen molar-refractivity contribution < 1.29 is 9.47 Å². The van der Waals surface area contributed by atoms with Crippen LogP contribution in [0.25, 0.3) is 0 Å². The van der Waals surface area contributed by atoms with Crippen molar-refractivity contribution in [3.63, 3.8) is 0 Å². The van der Waals surface area contributed by atoms with Crippen molar-refractivity contribution in [1.29, 1.82) is 0 Å². The molecule has 0 aromatic heterocycles. The summed E-state index contributed by atoms with van der Waals surface area (Å²) in [7, 11) is 3.27. The molecule has 0 spiro atoms. The van der Waals surface area contributed by atoms with Crippen molar-refractivity contribution >= 4 is 11.6 Å². The van der Waals surface area contributed by atoms with E-state index in [-0.39, 0.29) is 5.38 Å². The average Bonchev–Trinajstić information content (AvgIpc) is 2.34. The topological polar surface area (TPSA) is 18.5 Å². The summed E-state index contributed by atoms with van der Waals surface area (Å²) < 4.78 is 10.5. The SMILES string of the molecule is COc1ccc(C(Cl)CCC(C)(C)C)cc1OC. The molecule has 0 saturated carbocycles. The van der Waals surface area contributed by atoms with Crippen LogP contribution in [-0.2, 0) is 0 Å². The van der Waals surface area contributed by atoms with E-state index < -0.39 is 0 Å². The molecule has 0 aliphatic heterocycles. The van der Waals surface area contributed by atoms with Gasteiger partial charge in [-0.2, -0.15) is 0 Å². The minimum atomic E-state index is 0.0176. The molecule has 18 heavy (non-hydrogen) atoms. The van der Waals surface area contributed by atoms with E-state index in [4.69, 9.17) is 21.1 Å². The van der Waals surface area contributed by atoms with E-state index in [1.807, 2.05) is 18.2 Å². The predicted octanol–water partition coefficient (Wildman–Crippen LogP) is 4.81. The van der Waals surface area contributed by atoms with Crippen molar-refractivity contribution in [2.45, 2.75) is 39.0 Å². The van der Waals surface area contributed by atoms with Crippen molar-refractivity contribution in [3.8, 4) is 11.5 Å². The second kappa shape index (κ2) is 6.33. The van der Waals surface area contributed by atoms with E-state index >= 15 is 0 Å². The molecule has 0 aliphatic carbocycles. The normalized spacial score (nSPS) is 13.2. The first kappa shape index (κ1) is 15.2. The van der Waals surface area contributed by atoms with E-state index in [0.717, 1.165) is 29.9 Å². The van der Waals surface area contributed by atoms with E-state index in [2.05, 4.69) is 20.8 Å². The van der Waals surface area contributed by atoms with Crippen LogP contribution in [0.15, 0.2) is 18.2 Å². The summed E-state index contributed by atoms with van der Waals surface area (Å²) >= 11 is 6.44. The number of alkyl halides is 1. The maximum atomic E-state index is 6.44. The minimum Gasteiger partial charge on any atom is -0.493 e. The maximum absolute atomic E-state index is 6.44. The van der Waals surface area contributed by atoms with Crippen molar-refractivity contribution in [3.05, 3.63) is 23.8 Å². The fourth-order valence-corrected chi connectivity index (χ4v) is 2.02. The van der Waals surface area contributed by atoms with Gasteiger partial charge in [0.2, 0.25) is 0 Å². The Morgan fingerprint density at radius 2 is 1.72 bits per heavy atom. The third kappa shape index (κ3) is 4.41. The molecule has 1 aromatic rings. The average molecular weight is 271 g/mol. The highest BCUT2D eigenvalue weighted by molar-refractivity contribution is 6.20. The van der Waals surface area contributed by atoms with Crippen LogP contribution in [0.1, 0.15) is 44.6 Å². The van der Waals surface area contributed by atoms with Gasteiger partial charge in [-0.15, -0.1) is 11.6 Å². The highest BCUT2D eigenvalue weighted by Crippen LogP contribution is 2.36. The van der Waals surface area contributed by atoms with E-state index in [1.165, 1.54) is 0 Å². The molecule has 2 nitrogen and oxygen atoms in total. The van der Waals surface area contributed by atoms with Crippen LogP contribution in [0.4, 0.5) is 0 Å². The Labute approximate surface area is 115 Å². The van der Waals surface area contributed by atoms with Gasteiger partial charge in [-0.25, -0.2) is 0 Å². The summed E-state index contributed by atoms with van der Waals surface area (Å²) in [5, 5.41) is 0.0176. The Morgan fingerprint density at radius 1 is 1.11 bits per heavy atom. The number of benzene rings is 1. The van der Waals surface area contributed by atoms with Gasteiger partial charge in [0.15, 0.2) is 11.5 Å². The highest BCUT2D eigenvalue weighted by Gasteiger charge is 2.16. The standard InChI is InChI=1S/C15H23ClO2/c1-15(2,3)9-8-12(16)11-6-7-13(17-4)14(10-11)18-5/h6-7,10,12H,8-9H2,1-5H3. The fraction of sp³-hybridized carbons (Fsp3) is 0.600. The summed E-state index contributed by atoms with van der Waals surface area (Å²) in [6.45, 7) is 6.68. The molecule has 0 heterocycles. The van der Waals surface area contributed by atoms with Crippen LogP contribution in [-0.4, -0.2) is 14.2 Å². The minimum absolute atomic E-state index is 0.0176. The van der Waals surface area contributed by atoms with E-state index in [0.29, 0.717) is 5.41 Å². The summed E-state index contributed by atoms with van der Waals surface area (Å²) in [5.41, 5.74) is 1.39. The van der Waals surface area contributed by atoms with Crippen LogP contribution in [0.5, 0.6) is 11.5 Å². The van der Waals surface area contributed by atoms with Gasteiger partial charge in [-0.05, 0) is 36.0 Å². The zero-order valence-corrected chi connectivity index (χ0v) is 12.7. The molecule has 0 aliphatic rings. The Bertz CT molecular complexity index is 383. The number of methoxy groups -OCH3 is 2. The Morgan fingerprint density at radius 3 is 2.22 bits per heavy atom. The molecule has 1 aromatic carbocycles. The molecule has 0 saturated heterocycles. The van der Waals surface area contributed by atoms with Gasteiger partial charge in [-0.3, -0.25) is 0 Å². The zero-order chi connectivity index (χ0) is 13.8. The summed E-state index contributed by atoms with van der Waals surface area (Å²) in [6.07, 6.45) is 2.05. The Hall–Kier alpha value is -0.890. The molecule has 1 atom stereocenters. The fourth-order valence-electron chi connectivity index (χ4n) is 1.77. The van der Waals surface area contributed by atoms with Crippen LogP contribution >= 0.6 is 11.6 Å². The lowest BCUT2D eigenvalue weighted by molar-refractivity contribution is 0.352. The van der Waals surface area contributed by atoms with Gasteiger partial charge in [0, 0.05) is 0 Å². The Kier molecular flexibility index (Phi) is 5.33. The molecular formula is C15H23ClO2. The van der Waals surface area contributed by atoms with Gasteiger partial charge >= 0.3 is 0 Å². The van der Waals surface area contributed by atoms with Gasteiger partial charge in [0.1, 0.15) is 0 Å². The quantitative estimate of drug-likeness (QED) is 0.715. The number of hydrogen-bond acceptors (Lipinski definition) is 2. The Balaban J connectivity index is 2.77. The number of halogens is 1.